The third kappa shape index (κ3) is 5.45. The molecule has 0 atom stereocenters. The van der Waals surface area contributed by atoms with Gasteiger partial charge in [-0.2, -0.15) is 5.10 Å². The average Bonchev–Trinajstić information content (AvgIpc) is 2.80. The smallest absolute Gasteiger partial charge is 0.277 e. The number of hydrogen-bond acceptors (Lipinski definition) is 4. The van der Waals surface area contributed by atoms with Crippen LogP contribution >= 0.6 is 0 Å². The van der Waals surface area contributed by atoms with Gasteiger partial charge in [0.1, 0.15) is 11.5 Å². The second-order valence-electron chi connectivity index (χ2n) is 5.09. The van der Waals surface area contributed by atoms with E-state index in [1.165, 1.54) is 12.8 Å². The summed E-state index contributed by atoms with van der Waals surface area (Å²) in [6.07, 6.45) is 6.80. The van der Waals surface area contributed by atoms with Crippen LogP contribution in [0.4, 0.5) is 0 Å². The van der Waals surface area contributed by atoms with Crippen molar-refractivity contribution >= 4 is 11.6 Å². The molecule has 2 rings (SSSR count). The van der Waals surface area contributed by atoms with E-state index in [1.807, 2.05) is 12.1 Å². The predicted molar refractivity (Wildman–Crippen MR) is 81.8 cm³/mol. The van der Waals surface area contributed by atoms with Crippen LogP contribution in [0.3, 0.4) is 0 Å². The van der Waals surface area contributed by atoms with Gasteiger partial charge in [0, 0.05) is 11.8 Å². The van der Waals surface area contributed by atoms with E-state index in [1.54, 1.807) is 19.2 Å². The highest BCUT2D eigenvalue weighted by Crippen LogP contribution is 2.18. The van der Waals surface area contributed by atoms with Crippen molar-refractivity contribution in [3.63, 3.8) is 0 Å². The van der Waals surface area contributed by atoms with E-state index in [-0.39, 0.29) is 12.5 Å². The first-order valence-corrected chi connectivity index (χ1v) is 7.39. The minimum Gasteiger partial charge on any atom is -0.497 e. The fourth-order valence-electron chi connectivity index (χ4n) is 2.26. The Bertz CT molecular complexity index is 490. The van der Waals surface area contributed by atoms with Gasteiger partial charge >= 0.3 is 0 Å². The van der Waals surface area contributed by atoms with Crippen molar-refractivity contribution in [3.05, 3.63) is 24.3 Å². The van der Waals surface area contributed by atoms with Gasteiger partial charge in [-0.3, -0.25) is 4.79 Å². The van der Waals surface area contributed by atoms with Gasteiger partial charge in [0.2, 0.25) is 0 Å². The van der Waals surface area contributed by atoms with Crippen molar-refractivity contribution < 1.29 is 14.3 Å². The van der Waals surface area contributed by atoms with Crippen LogP contribution in [0.5, 0.6) is 11.5 Å². The lowest BCUT2D eigenvalue weighted by molar-refractivity contribution is -0.123. The third-order valence-corrected chi connectivity index (χ3v) is 3.43. The summed E-state index contributed by atoms with van der Waals surface area (Å²) in [5, 5.41) is 4.20. The van der Waals surface area contributed by atoms with Gasteiger partial charge in [-0.25, -0.2) is 5.43 Å². The molecule has 1 fully saturated rings. The maximum absolute atomic E-state index is 11.7. The molecule has 1 saturated carbocycles. The quantitative estimate of drug-likeness (QED) is 0.670. The van der Waals surface area contributed by atoms with Crippen molar-refractivity contribution in [2.75, 3.05) is 13.7 Å². The number of benzene rings is 1. The number of methoxy groups -OCH3 is 1. The summed E-state index contributed by atoms with van der Waals surface area (Å²) >= 11 is 0. The molecular weight excluding hydrogens is 268 g/mol. The molecule has 0 radical (unpaired) electrons. The van der Waals surface area contributed by atoms with Gasteiger partial charge in [0.15, 0.2) is 6.61 Å². The minimum atomic E-state index is -0.241. The van der Waals surface area contributed by atoms with Crippen LogP contribution in [-0.2, 0) is 4.79 Å². The zero-order chi connectivity index (χ0) is 14.9. The van der Waals surface area contributed by atoms with Crippen molar-refractivity contribution in [2.24, 2.45) is 5.10 Å². The van der Waals surface area contributed by atoms with Gasteiger partial charge in [0.25, 0.3) is 5.91 Å². The van der Waals surface area contributed by atoms with E-state index in [2.05, 4.69) is 10.5 Å². The fraction of sp³-hybridized carbons (Fsp3) is 0.500. The molecule has 0 aliphatic heterocycles. The van der Waals surface area contributed by atoms with Crippen molar-refractivity contribution in [1.29, 1.82) is 0 Å². The zero-order valence-electron chi connectivity index (χ0n) is 12.4. The van der Waals surface area contributed by atoms with Crippen molar-refractivity contribution in [3.8, 4) is 11.5 Å². The first-order valence-electron chi connectivity index (χ1n) is 7.39. The van der Waals surface area contributed by atoms with Gasteiger partial charge in [-0.05, 0) is 37.8 Å². The second-order valence-corrected chi connectivity index (χ2v) is 5.09. The number of carbonyl (C=O) groups excluding carboxylic acids is 1. The number of hydrogen-bond donors (Lipinski definition) is 1. The number of hydrazone groups is 1. The Hall–Kier alpha value is -2.04. The van der Waals surface area contributed by atoms with Crippen LogP contribution in [0.1, 0.15) is 38.5 Å². The first kappa shape index (κ1) is 15.4. The van der Waals surface area contributed by atoms with Gasteiger partial charge in [-0.15, -0.1) is 0 Å². The van der Waals surface area contributed by atoms with E-state index >= 15 is 0 Å². The molecule has 0 spiro atoms. The van der Waals surface area contributed by atoms with Crippen LogP contribution in [0, 0.1) is 0 Å². The monoisotopic (exact) mass is 290 g/mol. The molecule has 1 aliphatic carbocycles. The summed E-state index contributed by atoms with van der Waals surface area (Å²) < 4.78 is 10.5. The topological polar surface area (TPSA) is 59.9 Å². The molecule has 5 nitrogen and oxygen atoms in total. The summed E-state index contributed by atoms with van der Waals surface area (Å²) in [5.41, 5.74) is 3.66. The van der Waals surface area contributed by atoms with E-state index < -0.39 is 0 Å². The Morgan fingerprint density at radius 2 is 1.90 bits per heavy atom. The first-order chi connectivity index (χ1) is 10.3. The second kappa shape index (κ2) is 8.29. The lowest BCUT2D eigenvalue weighted by Crippen LogP contribution is -2.25. The summed E-state index contributed by atoms with van der Waals surface area (Å²) in [5.74, 6) is 1.06. The molecule has 0 saturated heterocycles. The predicted octanol–water partition coefficient (Wildman–Crippen LogP) is 2.90. The molecule has 1 aromatic rings. The number of carbonyl (C=O) groups is 1. The highest BCUT2D eigenvalue weighted by Gasteiger charge is 2.07. The standard InChI is InChI=1S/C16H22N2O3/c1-20-14-9-6-10-15(11-14)21-12-16(19)18-17-13-7-4-2-3-5-8-13/h6,9-11H,2-5,7-8,12H2,1H3,(H,18,19). The molecule has 0 aromatic heterocycles. The molecule has 114 valence electrons. The third-order valence-electron chi connectivity index (χ3n) is 3.43. The molecule has 0 heterocycles. The molecule has 1 aromatic carbocycles. The van der Waals surface area contributed by atoms with E-state index in [0.717, 1.165) is 31.4 Å². The molecule has 1 amide bonds. The Kier molecular flexibility index (Phi) is 6.06. The molecule has 21 heavy (non-hydrogen) atoms. The van der Waals surface area contributed by atoms with Gasteiger partial charge < -0.3 is 9.47 Å². The van der Waals surface area contributed by atoms with Crippen LogP contribution in [0.25, 0.3) is 0 Å². The van der Waals surface area contributed by atoms with Crippen LogP contribution in [0.15, 0.2) is 29.4 Å². The van der Waals surface area contributed by atoms with Crippen molar-refractivity contribution in [1.82, 2.24) is 5.43 Å². The lowest BCUT2D eigenvalue weighted by atomic mass is 10.2. The van der Waals surface area contributed by atoms with Gasteiger partial charge in [-0.1, -0.05) is 18.9 Å². The molecule has 0 bridgehead atoms. The summed E-state index contributed by atoms with van der Waals surface area (Å²) in [7, 11) is 1.59. The number of nitrogens with one attached hydrogen (secondary N) is 1. The largest absolute Gasteiger partial charge is 0.497 e. The Labute approximate surface area is 125 Å². The Balaban J connectivity index is 1.77. The summed E-state index contributed by atoms with van der Waals surface area (Å²) in [4.78, 5) is 11.7. The van der Waals surface area contributed by atoms with Gasteiger partial charge in [0.05, 0.1) is 7.11 Å². The zero-order valence-corrected chi connectivity index (χ0v) is 12.4. The van der Waals surface area contributed by atoms with E-state index in [0.29, 0.717) is 11.5 Å². The van der Waals surface area contributed by atoms with E-state index in [4.69, 9.17) is 9.47 Å². The molecule has 5 heteroatoms. The van der Waals surface area contributed by atoms with Crippen LogP contribution in [-0.4, -0.2) is 25.3 Å². The number of ether oxygens (including phenoxy) is 2. The highest BCUT2D eigenvalue weighted by molar-refractivity contribution is 5.86. The number of nitrogens with zero attached hydrogens (tertiary/aromatic N) is 1. The normalized spacial score (nSPS) is 15.0. The van der Waals surface area contributed by atoms with Crippen LogP contribution < -0.4 is 14.9 Å². The number of amides is 1. The molecule has 0 unspecified atom stereocenters. The SMILES string of the molecule is COc1cccc(OCC(=O)NN=C2CCCCCC2)c1. The summed E-state index contributed by atoms with van der Waals surface area (Å²) in [6, 6.07) is 7.17. The highest BCUT2D eigenvalue weighted by atomic mass is 16.5. The maximum Gasteiger partial charge on any atom is 0.277 e. The van der Waals surface area contributed by atoms with Crippen LogP contribution in [0.2, 0.25) is 0 Å². The Morgan fingerprint density at radius 3 is 2.62 bits per heavy atom. The molecule has 1 N–H and O–H groups in total. The average molecular weight is 290 g/mol. The van der Waals surface area contributed by atoms with Crippen molar-refractivity contribution in [2.45, 2.75) is 38.5 Å². The maximum atomic E-state index is 11.7. The minimum absolute atomic E-state index is 0.0516. The Morgan fingerprint density at radius 1 is 1.19 bits per heavy atom. The molecular formula is C16H22N2O3. The number of rotatable bonds is 5. The lowest BCUT2D eigenvalue weighted by Gasteiger charge is -2.07. The fourth-order valence-corrected chi connectivity index (χ4v) is 2.26. The molecule has 1 aliphatic rings. The summed E-state index contributed by atoms with van der Waals surface area (Å²) in [6.45, 7) is -0.0516. The van der Waals surface area contributed by atoms with E-state index in [9.17, 15) is 4.79 Å².